The highest BCUT2D eigenvalue weighted by Crippen LogP contribution is 2.42. The lowest BCUT2D eigenvalue weighted by atomic mass is 9.95. The number of benzene rings is 10. The Balaban J connectivity index is 0.671. The minimum atomic E-state index is -0.0720. The zero-order valence-electron chi connectivity index (χ0n) is 47.6. The van der Waals surface area contributed by atoms with Gasteiger partial charge in [-0.25, -0.2) is 19.9 Å². The quantitative estimate of drug-likeness (QED) is 0.123. The van der Waals surface area contributed by atoms with Crippen LogP contribution in [0.5, 0.6) is 0 Å². The molecular formula is C74H54N8O4. The van der Waals surface area contributed by atoms with E-state index in [0.717, 1.165) is 145 Å². The number of hydrogen-bond acceptors (Lipinski definition) is 12. The fourth-order valence-electron chi connectivity index (χ4n) is 11.9. The molecule has 14 aromatic rings. The van der Waals surface area contributed by atoms with E-state index in [0.29, 0.717) is 36.4 Å². The first kappa shape index (κ1) is 50.7. The summed E-state index contributed by atoms with van der Waals surface area (Å²) in [6.45, 7) is 8.25. The van der Waals surface area contributed by atoms with Crippen LogP contribution < -0.4 is 10.0 Å². The molecule has 0 N–H and O–H groups in total. The molecule has 2 aliphatic heterocycles. The number of hydrogen-bond donors (Lipinski definition) is 0. The fraction of sp³-hybridized carbons (Fsp3) is 0.108. The van der Waals surface area contributed by atoms with Crippen molar-refractivity contribution in [2.45, 2.75) is 52.6 Å². The second-order valence-electron chi connectivity index (χ2n) is 22.7. The van der Waals surface area contributed by atoms with Crippen LogP contribution in [0.3, 0.4) is 0 Å². The lowest BCUT2D eigenvalue weighted by molar-refractivity contribution is 0.619. The van der Waals surface area contributed by atoms with Crippen molar-refractivity contribution in [3.63, 3.8) is 0 Å². The van der Waals surface area contributed by atoms with Crippen LogP contribution in [0.2, 0.25) is 0 Å². The first-order chi connectivity index (χ1) is 42.1. The van der Waals surface area contributed by atoms with Gasteiger partial charge in [0.2, 0.25) is 23.6 Å². The third kappa shape index (κ3) is 9.37. The Kier molecular flexibility index (Phi) is 12.0. The number of rotatable bonds is 11. The number of hydrazone groups is 2. The van der Waals surface area contributed by atoms with E-state index in [1.165, 1.54) is 0 Å². The van der Waals surface area contributed by atoms with Crippen LogP contribution in [-0.4, -0.2) is 31.4 Å². The smallest absolute Gasteiger partial charge is 0.227 e. The van der Waals surface area contributed by atoms with Gasteiger partial charge in [0.05, 0.1) is 34.9 Å². The largest absolute Gasteiger partial charge is 0.436 e. The maximum atomic E-state index is 6.19. The first-order valence-electron chi connectivity index (χ1n) is 29.0. The number of fused-ring (bicyclic) bond motifs is 4. The Hall–Kier alpha value is -11.0. The van der Waals surface area contributed by atoms with E-state index in [2.05, 4.69) is 195 Å². The average Bonchev–Trinajstić information content (AvgIpc) is 2.88. The number of aryl methyl sites for hydroxylation is 4. The van der Waals surface area contributed by atoms with E-state index in [4.69, 9.17) is 47.8 Å². The van der Waals surface area contributed by atoms with Crippen LogP contribution >= 0.6 is 0 Å². The summed E-state index contributed by atoms with van der Waals surface area (Å²) >= 11 is 0. The summed E-state index contributed by atoms with van der Waals surface area (Å²) in [4.78, 5) is 19.3. The van der Waals surface area contributed by atoms with Crippen LogP contribution in [0, 0.1) is 27.7 Å². The van der Waals surface area contributed by atoms with Gasteiger partial charge in [0.25, 0.3) is 0 Å². The molecule has 86 heavy (non-hydrogen) atoms. The van der Waals surface area contributed by atoms with Crippen molar-refractivity contribution in [1.82, 2.24) is 19.9 Å². The van der Waals surface area contributed by atoms with Gasteiger partial charge in [-0.3, -0.25) is 10.0 Å². The van der Waals surface area contributed by atoms with Crippen LogP contribution in [-0.2, 0) is 0 Å². The number of oxazole rings is 4. The maximum Gasteiger partial charge on any atom is 0.227 e. The zero-order valence-corrected chi connectivity index (χ0v) is 47.6. The summed E-state index contributed by atoms with van der Waals surface area (Å²) in [6.07, 6.45) is 1.40. The molecule has 0 amide bonds. The molecule has 4 aromatic heterocycles. The standard InChI is InChI=1S/C74H54N8O4/c1-43-5-33-67-61(37-43)75-71(83-67)53-21-17-51(18-22-53)65-41-59(79-81(65)57-29-25-55(26-30-57)73-77-63-39-45(3)7-35-69(63)85-73)49-13-9-47(10-14-49)48-11-15-50(16-12-48)60-42-66(52-19-23-54(24-20-52)72-76-62-38-44(2)6-34-68(62)84-72)82(80-60)58-31-27-56(28-32-58)74-78-64-40-46(4)8-36-70(64)86-74/h5-40,65-66H,41-42H2,1-4H3. The molecule has 12 heteroatoms. The van der Waals surface area contributed by atoms with Crippen molar-refractivity contribution < 1.29 is 17.7 Å². The Labute approximate surface area is 495 Å². The van der Waals surface area contributed by atoms with E-state index in [-0.39, 0.29) is 12.1 Å². The summed E-state index contributed by atoms with van der Waals surface area (Å²) < 4.78 is 24.8. The Bertz CT molecular complexity index is 4660. The first-order valence-corrected chi connectivity index (χ1v) is 29.0. The Morgan fingerprint density at radius 2 is 0.547 bits per heavy atom. The summed E-state index contributed by atoms with van der Waals surface area (Å²) in [5, 5.41) is 15.0. The molecule has 2 unspecified atom stereocenters. The molecule has 2 atom stereocenters. The van der Waals surface area contributed by atoms with Crippen LogP contribution in [0.4, 0.5) is 11.4 Å². The number of nitrogens with zero attached hydrogens (tertiary/aromatic N) is 8. The fourth-order valence-corrected chi connectivity index (χ4v) is 11.9. The van der Waals surface area contributed by atoms with Gasteiger partial charge in [-0.05, 0) is 205 Å². The molecule has 0 radical (unpaired) electrons. The molecule has 0 saturated carbocycles. The van der Waals surface area contributed by atoms with Gasteiger partial charge in [-0.1, -0.05) is 97.1 Å². The number of aromatic nitrogens is 4. The molecular weight excluding hydrogens is 1060 g/mol. The highest BCUT2D eigenvalue weighted by atomic mass is 16.4. The predicted octanol–water partition coefficient (Wildman–Crippen LogP) is 18.5. The van der Waals surface area contributed by atoms with Gasteiger partial charge in [-0.2, -0.15) is 10.2 Å². The van der Waals surface area contributed by atoms with E-state index >= 15 is 0 Å². The lowest BCUT2D eigenvalue weighted by Gasteiger charge is -2.24. The highest BCUT2D eigenvalue weighted by molar-refractivity contribution is 6.05. The normalized spacial score (nSPS) is 15.2. The van der Waals surface area contributed by atoms with Gasteiger partial charge in [0.1, 0.15) is 22.1 Å². The van der Waals surface area contributed by atoms with Gasteiger partial charge < -0.3 is 17.7 Å². The van der Waals surface area contributed by atoms with Gasteiger partial charge >= 0.3 is 0 Å². The van der Waals surface area contributed by atoms with E-state index in [1.807, 2.05) is 60.7 Å². The van der Waals surface area contributed by atoms with Crippen LogP contribution in [0.25, 0.3) is 101 Å². The van der Waals surface area contributed by atoms with Crippen molar-refractivity contribution >= 4 is 67.2 Å². The Morgan fingerprint density at radius 3 is 0.837 bits per heavy atom. The average molecular weight is 1120 g/mol. The lowest BCUT2D eigenvalue weighted by Crippen LogP contribution is -2.18. The molecule has 6 heterocycles. The van der Waals surface area contributed by atoms with Crippen molar-refractivity contribution in [2.75, 3.05) is 10.0 Å². The summed E-state index contributed by atoms with van der Waals surface area (Å²) in [6, 6.07) is 75.4. The topological polar surface area (TPSA) is 135 Å². The van der Waals surface area contributed by atoms with Gasteiger partial charge in [0, 0.05) is 35.1 Å². The monoisotopic (exact) mass is 1120 g/mol. The van der Waals surface area contributed by atoms with E-state index in [9.17, 15) is 0 Å². The molecule has 2 aliphatic rings. The second-order valence-corrected chi connectivity index (χ2v) is 22.7. The number of anilines is 2. The predicted molar refractivity (Wildman–Crippen MR) is 341 cm³/mol. The van der Waals surface area contributed by atoms with Crippen LogP contribution in [0.15, 0.2) is 246 Å². The third-order valence-corrected chi connectivity index (χ3v) is 16.6. The molecule has 0 fully saturated rings. The van der Waals surface area contributed by atoms with Crippen molar-refractivity contribution in [1.29, 1.82) is 0 Å². The Morgan fingerprint density at radius 1 is 0.291 bits per heavy atom. The van der Waals surface area contributed by atoms with E-state index < -0.39 is 0 Å². The van der Waals surface area contributed by atoms with E-state index in [1.54, 1.807) is 0 Å². The van der Waals surface area contributed by atoms with Crippen molar-refractivity contribution in [3.05, 3.63) is 263 Å². The molecule has 414 valence electrons. The highest BCUT2D eigenvalue weighted by Gasteiger charge is 2.32. The second kappa shape index (κ2) is 20.4. The SMILES string of the molecule is Cc1ccc2oc(-c3ccc(C4CC(c5ccc(-c6ccc(C7=NN(c8ccc(-c9nc%10cc(C)ccc%10o9)cc8)C(c8ccc(-c9nc%10cc(C)ccc%10o9)cc8)C7)cc6)cc5)=NN4c4ccc(-c5nc6cc(C)ccc6o5)cc4)cc3)nc2c1. The molecule has 0 spiro atoms. The molecule has 0 saturated heterocycles. The van der Waals surface area contributed by atoms with Crippen molar-refractivity contribution in [2.24, 2.45) is 10.2 Å². The minimum Gasteiger partial charge on any atom is -0.436 e. The zero-order chi connectivity index (χ0) is 57.6. The third-order valence-electron chi connectivity index (χ3n) is 16.6. The minimum absolute atomic E-state index is 0.0720. The molecule has 10 aromatic carbocycles. The van der Waals surface area contributed by atoms with Gasteiger partial charge in [0.15, 0.2) is 22.3 Å². The molecule has 16 rings (SSSR count). The summed E-state index contributed by atoms with van der Waals surface area (Å²) in [5.74, 6) is 2.37. The van der Waals surface area contributed by atoms with Gasteiger partial charge in [-0.15, -0.1) is 0 Å². The maximum absolute atomic E-state index is 6.19. The van der Waals surface area contributed by atoms with Crippen molar-refractivity contribution in [3.8, 4) is 56.9 Å². The van der Waals surface area contributed by atoms with Crippen LogP contribution in [0.1, 0.15) is 69.4 Å². The molecule has 12 nitrogen and oxygen atoms in total. The summed E-state index contributed by atoms with van der Waals surface area (Å²) in [7, 11) is 0. The molecule has 0 aliphatic carbocycles. The summed E-state index contributed by atoms with van der Waals surface area (Å²) in [5.41, 5.74) is 25.2. The molecule has 0 bridgehead atoms.